The smallest absolute Gasteiger partial charge is 0.0543 e. The minimum absolute atomic E-state index is 0.971. The number of aromatic nitrogens is 1. The van der Waals surface area contributed by atoms with E-state index in [0.717, 1.165) is 29.9 Å². The zero-order chi connectivity index (χ0) is 45.0. The number of rotatable bonds is 8. The van der Waals surface area contributed by atoms with Crippen LogP contribution in [0.2, 0.25) is 0 Å². The van der Waals surface area contributed by atoms with Gasteiger partial charge in [0.1, 0.15) is 0 Å². The Morgan fingerprint density at radius 1 is 0.338 bits per heavy atom. The number of anilines is 3. The number of benzene rings is 11. The van der Waals surface area contributed by atoms with E-state index in [1.54, 1.807) is 0 Å². The molecule has 1 aliphatic carbocycles. The second kappa shape index (κ2) is 16.6. The number of para-hydroxylation sites is 1. The van der Waals surface area contributed by atoms with Crippen LogP contribution in [-0.4, -0.2) is 4.57 Å². The predicted molar refractivity (Wildman–Crippen MR) is 289 cm³/mol. The van der Waals surface area contributed by atoms with Crippen LogP contribution >= 0.6 is 0 Å². The van der Waals surface area contributed by atoms with Crippen molar-refractivity contribution in [2.45, 2.75) is 12.8 Å². The van der Waals surface area contributed by atoms with Crippen LogP contribution in [0.25, 0.3) is 93.9 Å². The van der Waals surface area contributed by atoms with Crippen LogP contribution in [0, 0.1) is 0 Å². The summed E-state index contributed by atoms with van der Waals surface area (Å²) in [6.07, 6.45) is 4.40. The van der Waals surface area contributed by atoms with Gasteiger partial charge in [-0.15, -0.1) is 0 Å². The minimum atomic E-state index is 0.971. The predicted octanol–water partition coefficient (Wildman–Crippen LogP) is 18.0. The monoisotopic (exact) mass is 866 g/mol. The van der Waals surface area contributed by atoms with Crippen LogP contribution in [-0.2, 0) is 6.42 Å². The van der Waals surface area contributed by atoms with Crippen molar-refractivity contribution < 1.29 is 0 Å². The van der Waals surface area contributed by atoms with Crippen molar-refractivity contribution in [3.8, 4) is 39.1 Å². The van der Waals surface area contributed by atoms with Crippen LogP contribution in [0.1, 0.15) is 23.2 Å². The van der Waals surface area contributed by atoms with Crippen molar-refractivity contribution in [1.29, 1.82) is 0 Å². The molecule has 68 heavy (non-hydrogen) atoms. The van der Waals surface area contributed by atoms with Crippen LogP contribution in [0.4, 0.5) is 17.1 Å². The molecule has 0 unspecified atom stereocenters. The Kier molecular flexibility index (Phi) is 9.68. The molecule has 1 heterocycles. The Bertz CT molecular complexity index is 3870. The Labute approximate surface area is 397 Å². The third kappa shape index (κ3) is 6.89. The molecule has 2 nitrogen and oxygen atoms in total. The molecule has 0 atom stereocenters. The summed E-state index contributed by atoms with van der Waals surface area (Å²) in [5, 5.41) is 8.91. The second-order valence-electron chi connectivity index (χ2n) is 18.0. The Morgan fingerprint density at radius 2 is 0.926 bits per heavy atom. The maximum absolute atomic E-state index is 2.48. The molecule has 1 aromatic heterocycles. The molecule has 0 saturated carbocycles. The minimum Gasteiger partial charge on any atom is -0.310 e. The van der Waals surface area contributed by atoms with Crippen molar-refractivity contribution in [3.63, 3.8) is 0 Å². The van der Waals surface area contributed by atoms with E-state index in [2.05, 4.69) is 264 Å². The number of allylic oxidation sites excluding steroid dienone is 1. The van der Waals surface area contributed by atoms with Gasteiger partial charge in [-0.2, -0.15) is 0 Å². The molecule has 11 aromatic carbocycles. The Morgan fingerprint density at radius 3 is 1.72 bits per heavy atom. The fraction of sp³-hybridized carbons (Fsp3) is 0.0303. The highest BCUT2D eigenvalue weighted by atomic mass is 15.1. The average molecular weight is 867 g/mol. The summed E-state index contributed by atoms with van der Waals surface area (Å²) < 4.78 is 2.48. The molecule has 13 rings (SSSR count). The maximum atomic E-state index is 2.48. The van der Waals surface area contributed by atoms with Gasteiger partial charge in [-0.05, 0) is 162 Å². The number of hydrogen-bond acceptors (Lipinski definition) is 1. The molecule has 0 saturated heterocycles. The van der Waals surface area contributed by atoms with Gasteiger partial charge in [-0.3, -0.25) is 0 Å². The molecule has 2 heteroatoms. The molecule has 0 bridgehead atoms. The third-order valence-electron chi connectivity index (χ3n) is 14.1. The molecule has 320 valence electrons. The first-order valence-electron chi connectivity index (χ1n) is 23.7. The van der Waals surface area contributed by atoms with E-state index < -0.39 is 0 Å². The first-order valence-corrected chi connectivity index (χ1v) is 23.7. The van der Waals surface area contributed by atoms with Crippen molar-refractivity contribution in [1.82, 2.24) is 4.57 Å². The van der Waals surface area contributed by atoms with E-state index in [-0.39, 0.29) is 0 Å². The van der Waals surface area contributed by atoms with Crippen LogP contribution < -0.4 is 4.90 Å². The molecular formula is C66H46N2. The summed E-state index contributed by atoms with van der Waals surface area (Å²) in [5.41, 5.74) is 18.3. The highest BCUT2D eigenvalue weighted by molar-refractivity contribution is 6.09. The molecular weight excluding hydrogens is 821 g/mol. The quantitative estimate of drug-likeness (QED) is 0.138. The second-order valence-corrected chi connectivity index (χ2v) is 18.0. The van der Waals surface area contributed by atoms with Gasteiger partial charge < -0.3 is 9.47 Å². The average Bonchev–Trinajstić information content (AvgIpc) is 3.75. The van der Waals surface area contributed by atoms with Gasteiger partial charge in [0.05, 0.1) is 11.2 Å². The lowest BCUT2D eigenvalue weighted by Gasteiger charge is -2.26. The van der Waals surface area contributed by atoms with Gasteiger partial charge in [0.25, 0.3) is 0 Å². The van der Waals surface area contributed by atoms with Crippen molar-refractivity contribution in [2.75, 3.05) is 4.90 Å². The first kappa shape index (κ1) is 39.6. The molecule has 0 fully saturated rings. The van der Waals surface area contributed by atoms with Gasteiger partial charge in [-0.1, -0.05) is 188 Å². The highest BCUT2D eigenvalue weighted by Crippen LogP contribution is 2.45. The lowest BCUT2D eigenvalue weighted by atomic mass is 9.89. The summed E-state index contributed by atoms with van der Waals surface area (Å²) in [6.45, 7) is 0. The summed E-state index contributed by atoms with van der Waals surface area (Å²) in [7, 11) is 0. The SMILES string of the molecule is C1=C(c2ccccc2)CCc2c1n(-c1ccccc1)c1cccc(-c3cccc(N(c4ccc(-c5ccc6c(ccc7ccccc76)c5)cc4)c4ccc(-c5cccc6ccccc56)cc4)c3)c21. The third-order valence-corrected chi connectivity index (χ3v) is 14.1. The molecule has 0 radical (unpaired) electrons. The molecule has 1 aliphatic rings. The largest absolute Gasteiger partial charge is 0.310 e. The van der Waals surface area contributed by atoms with Crippen LogP contribution in [0.3, 0.4) is 0 Å². The summed E-state index contributed by atoms with van der Waals surface area (Å²) in [6, 6.07) is 91.2. The lowest BCUT2D eigenvalue weighted by molar-refractivity contribution is 0.981. The highest BCUT2D eigenvalue weighted by Gasteiger charge is 2.25. The van der Waals surface area contributed by atoms with Gasteiger partial charge in [0.15, 0.2) is 0 Å². The van der Waals surface area contributed by atoms with E-state index in [4.69, 9.17) is 0 Å². The van der Waals surface area contributed by atoms with Gasteiger partial charge >= 0.3 is 0 Å². The van der Waals surface area contributed by atoms with E-state index in [1.807, 2.05) is 0 Å². The van der Waals surface area contributed by atoms with E-state index in [1.165, 1.54) is 105 Å². The molecule has 0 spiro atoms. The number of fused-ring (bicyclic) bond motifs is 7. The first-order chi connectivity index (χ1) is 33.7. The standard InChI is InChI=1S/C66H46N2/c1-3-14-45(15-4-1)51-35-41-63-65(44-51)68(54-20-5-2-6-21-54)64-27-13-26-62(66(63)64)52-19-11-22-57(43-52)67(56-38-32-49(33-39-56)60-25-12-18-47-16-7-9-23-58(47)60)55-36-30-46(31-37-55)50-34-40-61-53(42-50)29-28-48-17-8-10-24-59(48)61/h1-34,36-40,42-44H,35,41H2. The van der Waals surface area contributed by atoms with Gasteiger partial charge in [0.2, 0.25) is 0 Å². The van der Waals surface area contributed by atoms with Crippen molar-refractivity contribution >= 4 is 71.9 Å². The molecule has 12 aromatic rings. The van der Waals surface area contributed by atoms with Crippen LogP contribution in [0.15, 0.2) is 249 Å². The van der Waals surface area contributed by atoms with E-state index in [0.29, 0.717) is 0 Å². The molecule has 0 N–H and O–H groups in total. The van der Waals surface area contributed by atoms with Crippen molar-refractivity contribution in [3.05, 3.63) is 266 Å². The normalized spacial score (nSPS) is 12.4. The van der Waals surface area contributed by atoms with Crippen LogP contribution in [0.5, 0.6) is 0 Å². The van der Waals surface area contributed by atoms with E-state index >= 15 is 0 Å². The lowest BCUT2D eigenvalue weighted by Crippen LogP contribution is -2.10. The zero-order valence-corrected chi connectivity index (χ0v) is 37.6. The summed E-state index contributed by atoms with van der Waals surface area (Å²) >= 11 is 0. The van der Waals surface area contributed by atoms with Gasteiger partial charge in [-0.25, -0.2) is 0 Å². The number of nitrogens with zero attached hydrogens (tertiary/aromatic N) is 2. The van der Waals surface area contributed by atoms with Crippen molar-refractivity contribution in [2.24, 2.45) is 0 Å². The molecule has 0 amide bonds. The van der Waals surface area contributed by atoms with Gasteiger partial charge in [0, 0.05) is 28.1 Å². The number of hydrogen-bond donors (Lipinski definition) is 0. The Balaban J connectivity index is 0.938. The number of aryl methyl sites for hydroxylation is 1. The zero-order valence-electron chi connectivity index (χ0n) is 37.6. The fourth-order valence-corrected chi connectivity index (χ4v) is 10.8. The van der Waals surface area contributed by atoms with E-state index in [9.17, 15) is 0 Å². The molecule has 0 aliphatic heterocycles. The Hall–Kier alpha value is -8.72. The summed E-state index contributed by atoms with van der Waals surface area (Å²) in [5.74, 6) is 0. The maximum Gasteiger partial charge on any atom is 0.0543 e. The fourth-order valence-electron chi connectivity index (χ4n) is 10.8. The summed E-state index contributed by atoms with van der Waals surface area (Å²) in [4.78, 5) is 2.41. The topological polar surface area (TPSA) is 8.17 Å².